The van der Waals surface area contributed by atoms with E-state index in [4.69, 9.17) is 5.73 Å². The van der Waals surface area contributed by atoms with E-state index in [1.54, 1.807) is 0 Å². The van der Waals surface area contributed by atoms with Crippen LogP contribution in [0.2, 0.25) is 0 Å². The number of piperidine rings is 1. The molecule has 1 aliphatic rings. The molecule has 2 heterocycles. The van der Waals surface area contributed by atoms with Gasteiger partial charge in [0.05, 0.1) is 17.9 Å². The van der Waals surface area contributed by atoms with Crippen LogP contribution in [0.15, 0.2) is 6.20 Å². The maximum Gasteiger partial charge on any atom is 0.435 e. The largest absolute Gasteiger partial charge is 0.435 e. The summed E-state index contributed by atoms with van der Waals surface area (Å²) in [5, 5.41) is 6.85. The van der Waals surface area contributed by atoms with Gasteiger partial charge < -0.3 is 11.1 Å². The monoisotopic (exact) mass is 234 g/mol. The maximum absolute atomic E-state index is 12.7. The molecule has 0 unspecified atom stereocenters. The molecular formula is C9H13F3N4. The molecule has 0 bridgehead atoms. The highest BCUT2D eigenvalue weighted by molar-refractivity contribution is 5.42. The standard InChI is InChI=1S/C9H13F3N4/c10-9(11,12)8-7(13)5-15-16(8)6-1-3-14-4-2-6/h5-6,14H,1-4,13H2. The summed E-state index contributed by atoms with van der Waals surface area (Å²) >= 11 is 0. The van der Waals surface area contributed by atoms with E-state index in [-0.39, 0.29) is 11.7 Å². The molecule has 0 aromatic carbocycles. The SMILES string of the molecule is Nc1cnn(C2CCNCC2)c1C(F)(F)F. The molecule has 3 N–H and O–H groups in total. The molecule has 0 aliphatic carbocycles. The summed E-state index contributed by atoms with van der Waals surface area (Å²) in [5.41, 5.74) is 4.20. The number of alkyl halides is 3. The van der Waals surface area contributed by atoms with Crippen LogP contribution < -0.4 is 11.1 Å². The van der Waals surface area contributed by atoms with Gasteiger partial charge in [-0.3, -0.25) is 4.68 Å². The third kappa shape index (κ3) is 1.99. The van der Waals surface area contributed by atoms with Crippen LogP contribution in [0.5, 0.6) is 0 Å². The van der Waals surface area contributed by atoms with Crippen molar-refractivity contribution in [1.82, 2.24) is 15.1 Å². The first-order valence-corrected chi connectivity index (χ1v) is 5.11. The molecular weight excluding hydrogens is 221 g/mol. The van der Waals surface area contributed by atoms with Crippen molar-refractivity contribution in [2.24, 2.45) is 0 Å². The number of halogens is 3. The average molecular weight is 234 g/mol. The zero-order chi connectivity index (χ0) is 11.8. The Morgan fingerprint density at radius 1 is 1.38 bits per heavy atom. The number of nitrogens with one attached hydrogen (secondary N) is 1. The van der Waals surface area contributed by atoms with E-state index < -0.39 is 11.9 Å². The molecule has 0 atom stereocenters. The fourth-order valence-corrected chi connectivity index (χ4v) is 2.00. The molecule has 1 fully saturated rings. The fourth-order valence-electron chi connectivity index (χ4n) is 2.00. The number of aromatic nitrogens is 2. The lowest BCUT2D eigenvalue weighted by atomic mass is 10.1. The molecule has 1 aliphatic heterocycles. The van der Waals surface area contributed by atoms with Crippen LogP contribution in [0.25, 0.3) is 0 Å². The first-order valence-electron chi connectivity index (χ1n) is 5.11. The summed E-state index contributed by atoms with van der Waals surface area (Å²) in [4.78, 5) is 0. The molecule has 7 heteroatoms. The lowest BCUT2D eigenvalue weighted by Gasteiger charge is -2.25. The van der Waals surface area contributed by atoms with Gasteiger partial charge in [0.2, 0.25) is 0 Å². The minimum atomic E-state index is -4.44. The Kier molecular flexibility index (Phi) is 2.79. The van der Waals surface area contributed by atoms with Gasteiger partial charge >= 0.3 is 6.18 Å². The van der Waals surface area contributed by atoms with E-state index in [0.717, 1.165) is 10.9 Å². The minimum Gasteiger partial charge on any atom is -0.396 e. The van der Waals surface area contributed by atoms with Crippen molar-refractivity contribution < 1.29 is 13.2 Å². The van der Waals surface area contributed by atoms with Crippen LogP contribution in [-0.2, 0) is 6.18 Å². The normalized spacial score (nSPS) is 18.9. The van der Waals surface area contributed by atoms with E-state index in [1.165, 1.54) is 0 Å². The molecule has 2 rings (SSSR count). The zero-order valence-corrected chi connectivity index (χ0v) is 8.59. The van der Waals surface area contributed by atoms with Crippen LogP contribution >= 0.6 is 0 Å². The van der Waals surface area contributed by atoms with Crippen LogP contribution in [0.3, 0.4) is 0 Å². The number of nitrogens with zero attached hydrogens (tertiary/aromatic N) is 2. The molecule has 1 aromatic rings. The smallest absolute Gasteiger partial charge is 0.396 e. The van der Waals surface area contributed by atoms with E-state index >= 15 is 0 Å². The van der Waals surface area contributed by atoms with Gasteiger partial charge in [-0.05, 0) is 25.9 Å². The molecule has 0 amide bonds. The van der Waals surface area contributed by atoms with Crippen molar-refractivity contribution in [2.45, 2.75) is 25.1 Å². The van der Waals surface area contributed by atoms with Crippen LogP contribution in [0.4, 0.5) is 18.9 Å². The molecule has 1 aromatic heterocycles. The Morgan fingerprint density at radius 3 is 2.56 bits per heavy atom. The van der Waals surface area contributed by atoms with Crippen molar-refractivity contribution >= 4 is 5.69 Å². The highest BCUT2D eigenvalue weighted by Gasteiger charge is 2.39. The first kappa shape index (κ1) is 11.3. The van der Waals surface area contributed by atoms with Gasteiger partial charge in [0, 0.05) is 0 Å². The lowest BCUT2D eigenvalue weighted by molar-refractivity contribution is -0.144. The van der Waals surface area contributed by atoms with Crippen LogP contribution in [-0.4, -0.2) is 22.9 Å². The molecule has 16 heavy (non-hydrogen) atoms. The second kappa shape index (κ2) is 3.97. The summed E-state index contributed by atoms with van der Waals surface area (Å²) in [7, 11) is 0. The number of nitrogens with two attached hydrogens (primary N) is 1. The van der Waals surface area contributed by atoms with Crippen molar-refractivity contribution in [3.8, 4) is 0 Å². The third-order valence-corrected chi connectivity index (χ3v) is 2.75. The number of hydrogen-bond acceptors (Lipinski definition) is 3. The predicted molar refractivity (Wildman–Crippen MR) is 52.8 cm³/mol. The maximum atomic E-state index is 12.7. The zero-order valence-electron chi connectivity index (χ0n) is 8.59. The Balaban J connectivity index is 2.33. The Morgan fingerprint density at radius 2 is 2.00 bits per heavy atom. The van der Waals surface area contributed by atoms with Gasteiger partial charge in [-0.25, -0.2) is 0 Å². The quantitative estimate of drug-likeness (QED) is 0.772. The van der Waals surface area contributed by atoms with Gasteiger partial charge in [-0.15, -0.1) is 0 Å². The summed E-state index contributed by atoms with van der Waals surface area (Å²) in [5.74, 6) is 0. The van der Waals surface area contributed by atoms with Gasteiger partial charge in [0.15, 0.2) is 5.69 Å². The summed E-state index contributed by atoms with van der Waals surface area (Å²) in [6, 6.07) is -0.213. The van der Waals surface area contributed by atoms with Gasteiger partial charge in [-0.2, -0.15) is 18.3 Å². The average Bonchev–Trinajstić information content (AvgIpc) is 2.61. The van der Waals surface area contributed by atoms with Gasteiger partial charge in [0.1, 0.15) is 0 Å². The summed E-state index contributed by atoms with van der Waals surface area (Å²) in [6.45, 7) is 1.42. The van der Waals surface area contributed by atoms with E-state index in [2.05, 4.69) is 10.4 Å². The van der Waals surface area contributed by atoms with Crippen molar-refractivity contribution in [3.63, 3.8) is 0 Å². The van der Waals surface area contributed by atoms with E-state index in [1.807, 2.05) is 0 Å². The fraction of sp³-hybridized carbons (Fsp3) is 0.667. The second-order valence-electron chi connectivity index (χ2n) is 3.87. The number of nitrogen functional groups attached to an aromatic ring is 1. The Hall–Kier alpha value is -1.24. The predicted octanol–water partition coefficient (Wildman–Crippen LogP) is 1.41. The number of hydrogen-bond donors (Lipinski definition) is 2. The van der Waals surface area contributed by atoms with Crippen LogP contribution in [0.1, 0.15) is 24.6 Å². The molecule has 0 radical (unpaired) electrons. The number of rotatable bonds is 1. The Bertz CT molecular complexity index is 365. The van der Waals surface area contributed by atoms with Crippen molar-refractivity contribution in [2.75, 3.05) is 18.8 Å². The van der Waals surface area contributed by atoms with E-state index in [9.17, 15) is 13.2 Å². The molecule has 4 nitrogen and oxygen atoms in total. The third-order valence-electron chi connectivity index (χ3n) is 2.75. The first-order chi connectivity index (χ1) is 7.50. The van der Waals surface area contributed by atoms with Gasteiger partial charge in [0.25, 0.3) is 0 Å². The minimum absolute atomic E-state index is 0.213. The highest BCUT2D eigenvalue weighted by Crippen LogP contribution is 2.36. The van der Waals surface area contributed by atoms with Crippen LogP contribution in [0, 0.1) is 0 Å². The molecule has 1 saturated heterocycles. The highest BCUT2D eigenvalue weighted by atomic mass is 19.4. The topological polar surface area (TPSA) is 55.9 Å². The lowest BCUT2D eigenvalue weighted by Crippen LogP contribution is -2.31. The van der Waals surface area contributed by atoms with E-state index in [0.29, 0.717) is 25.9 Å². The molecule has 0 spiro atoms. The second-order valence-corrected chi connectivity index (χ2v) is 3.87. The van der Waals surface area contributed by atoms with Crippen molar-refractivity contribution in [1.29, 1.82) is 0 Å². The summed E-state index contributed by atoms with van der Waals surface area (Å²) in [6.07, 6.45) is -2.08. The number of anilines is 1. The van der Waals surface area contributed by atoms with Crippen molar-refractivity contribution in [3.05, 3.63) is 11.9 Å². The van der Waals surface area contributed by atoms with Gasteiger partial charge in [-0.1, -0.05) is 0 Å². The molecule has 0 saturated carbocycles. The summed E-state index contributed by atoms with van der Waals surface area (Å²) < 4.78 is 39.2. The molecule has 90 valence electrons. The Labute approximate surface area is 90.6 Å².